The summed E-state index contributed by atoms with van der Waals surface area (Å²) in [5.74, 6) is 1.66. The summed E-state index contributed by atoms with van der Waals surface area (Å²) in [6.07, 6.45) is 4.38. The summed E-state index contributed by atoms with van der Waals surface area (Å²) in [6, 6.07) is 4.12. The van der Waals surface area contributed by atoms with Crippen LogP contribution in [0.5, 0.6) is 11.5 Å². The molecule has 0 spiro atoms. The maximum absolute atomic E-state index is 5.75. The van der Waals surface area contributed by atoms with E-state index in [0.29, 0.717) is 39.8 Å². The maximum atomic E-state index is 5.75. The van der Waals surface area contributed by atoms with Crippen molar-refractivity contribution in [3.05, 3.63) is 23.3 Å². The van der Waals surface area contributed by atoms with E-state index >= 15 is 0 Å². The first-order valence-corrected chi connectivity index (χ1v) is 8.99. The van der Waals surface area contributed by atoms with Crippen molar-refractivity contribution < 1.29 is 65.4 Å². The summed E-state index contributed by atoms with van der Waals surface area (Å²) >= 11 is 0. The second kappa shape index (κ2) is 14.2. The van der Waals surface area contributed by atoms with Crippen LogP contribution in [0.15, 0.2) is 12.1 Å². The van der Waals surface area contributed by atoms with E-state index in [9.17, 15) is 0 Å². The largest absolute Gasteiger partial charge is 0.454 e. The van der Waals surface area contributed by atoms with Crippen LogP contribution >= 0.6 is 0 Å². The third-order valence-corrected chi connectivity index (χ3v) is 3.86. The van der Waals surface area contributed by atoms with Crippen LogP contribution < -0.4 is 9.47 Å². The number of hydrogen-bond acceptors (Lipinski definition) is 5. The molecule has 6 heteroatoms. The molecule has 0 bridgehead atoms. The van der Waals surface area contributed by atoms with Crippen molar-refractivity contribution in [3.8, 4) is 11.5 Å². The molecular weight excluding hydrogens is 448 g/mol. The molecule has 0 radical (unpaired) electrons. The topological polar surface area (TPSA) is 46.2 Å². The molecule has 0 amide bonds. The molecule has 0 aromatic heterocycles. The quantitative estimate of drug-likeness (QED) is 0.405. The van der Waals surface area contributed by atoms with Crippen molar-refractivity contribution in [2.24, 2.45) is 0 Å². The Bertz CT molecular complexity index is 481. The van der Waals surface area contributed by atoms with E-state index in [1.54, 1.807) is 0 Å². The first kappa shape index (κ1) is 23.1. The van der Waals surface area contributed by atoms with Crippen LogP contribution in [0.4, 0.5) is 0 Å². The molecule has 0 saturated heterocycles. The molecule has 1 aliphatic heterocycles. The summed E-state index contributed by atoms with van der Waals surface area (Å²) in [5, 5.41) is 0. The summed E-state index contributed by atoms with van der Waals surface area (Å²) in [5.41, 5.74) is 2.44. The van der Waals surface area contributed by atoms with E-state index in [1.807, 2.05) is 6.07 Å². The average Bonchev–Trinajstić information content (AvgIpc) is 3.04. The fourth-order valence-electron chi connectivity index (χ4n) is 2.53. The van der Waals surface area contributed by atoms with Gasteiger partial charge in [-0.3, -0.25) is 0 Å². The minimum absolute atomic E-state index is 0. The Morgan fingerprint density at radius 2 is 1.40 bits per heavy atom. The molecule has 2 rings (SSSR count). The van der Waals surface area contributed by atoms with Crippen molar-refractivity contribution in [2.75, 3.05) is 39.8 Å². The Morgan fingerprint density at radius 3 is 2.04 bits per heavy atom. The van der Waals surface area contributed by atoms with Crippen LogP contribution in [0.1, 0.15) is 44.2 Å². The standard InChI is InChI=1S/C19H30O5.Ce/c1-3-5-7-20-8-9-21-10-11-22-14-17-13-19-18(23-15-24-19)12-16(17)6-4-2;/h12-13H,3-11,14-15H2,1-2H3;. The zero-order chi connectivity index (χ0) is 17.0. The molecular formula is C19H30CeO5. The number of unbranched alkanes of at least 4 members (excludes halogenated alkanes) is 1. The van der Waals surface area contributed by atoms with Crippen LogP contribution in [0, 0.1) is 41.7 Å². The molecule has 1 aromatic rings. The molecule has 0 unspecified atom stereocenters. The third kappa shape index (κ3) is 8.54. The van der Waals surface area contributed by atoms with Crippen molar-refractivity contribution >= 4 is 0 Å². The molecule has 25 heavy (non-hydrogen) atoms. The molecule has 1 aliphatic rings. The van der Waals surface area contributed by atoms with Gasteiger partial charge in [0.1, 0.15) is 0 Å². The minimum atomic E-state index is 0. The first-order chi connectivity index (χ1) is 11.8. The van der Waals surface area contributed by atoms with E-state index in [2.05, 4.69) is 19.9 Å². The predicted octanol–water partition coefficient (Wildman–Crippen LogP) is 3.72. The third-order valence-electron chi connectivity index (χ3n) is 3.86. The monoisotopic (exact) mass is 478 g/mol. The Balaban J connectivity index is 0.00000312. The maximum Gasteiger partial charge on any atom is 0.231 e. The van der Waals surface area contributed by atoms with Crippen molar-refractivity contribution in [1.82, 2.24) is 0 Å². The molecule has 0 saturated carbocycles. The van der Waals surface area contributed by atoms with Gasteiger partial charge in [0, 0.05) is 48.4 Å². The molecule has 0 atom stereocenters. The summed E-state index contributed by atoms with van der Waals surface area (Å²) in [7, 11) is 0. The summed E-state index contributed by atoms with van der Waals surface area (Å²) in [6.45, 7) is 8.47. The van der Waals surface area contributed by atoms with Crippen LogP contribution in [-0.2, 0) is 27.2 Å². The molecule has 5 nitrogen and oxygen atoms in total. The van der Waals surface area contributed by atoms with E-state index in [1.165, 1.54) is 11.1 Å². The second-order valence-electron chi connectivity index (χ2n) is 5.86. The van der Waals surface area contributed by atoms with E-state index in [0.717, 1.165) is 43.8 Å². The summed E-state index contributed by atoms with van der Waals surface area (Å²) < 4.78 is 27.6. The van der Waals surface area contributed by atoms with Gasteiger partial charge in [0.25, 0.3) is 0 Å². The van der Waals surface area contributed by atoms with Gasteiger partial charge in [-0.05, 0) is 36.1 Å². The van der Waals surface area contributed by atoms with Gasteiger partial charge in [-0.15, -0.1) is 0 Å². The number of fused-ring (bicyclic) bond motifs is 1. The van der Waals surface area contributed by atoms with Gasteiger partial charge in [-0.1, -0.05) is 26.7 Å². The number of benzene rings is 1. The fourth-order valence-corrected chi connectivity index (χ4v) is 2.53. The fraction of sp³-hybridized carbons (Fsp3) is 0.684. The van der Waals surface area contributed by atoms with Gasteiger partial charge in [-0.25, -0.2) is 0 Å². The van der Waals surface area contributed by atoms with Crippen molar-refractivity contribution in [1.29, 1.82) is 0 Å². The molecule has 1 heterocycles. The molecule has 0 fully saturated rings. The smallest absolute Gasteiger partial charge is 0.231 e. The number of hydrogen-bond donors (Lipinski definition) is 0. The number of ether oxygens (including phenoxy) is 5. The Morgan fingerprint density at radius 1 is 0.800 bits per heavy atom. The van der Waals surface area contributed by atoms with Gasteiger partial charge in [0.15, 0.2) is 11.5 Å². The number of aryl methyl sites for hydroxylation is 1. The Hall–Kier alpha value is 0.0766. The zero-order valence-electron chi connectivity index (χ0n) is 15.5. The molecule has 0 N–H and O–H groups in total. The predicted molar refractivity (Wildman–Crippen MR) is 92.8 cm³/mol. The minimum Gasteiger partial charge on any atom is -0.454 e. The van der Waals surface area contributed by atoms with Gasteiger partial charge < -0.3 is 23.7 Å². The van der Waals surface area contributed by atoms with Crippen molar-refractivity contribution in [3.63, 3.8) is 0 Å². The van der Waals surface area contributed by atoms with E-state index in [4.69, 9.17) is 23.7 Å². The molecule has 0 aliphatic carbocycles. The van der Waals surface area contributed by atoms with Crippen LogP contribution in [0.3, 0.4) is 0 Å². The normalized spacial score (nSPS) is 12.2. The Labute approximate surface area is 185 Å². The van der Waals surface area contributed by atoms with Crippen LogP contribution in [0.2, 0.25) is 0 Å². The van der Waals surface area contributed by atoms with Gasteiger partial charge >= 0.3 is 0 Å². The number of rotatable bonds is 13. The Kier molecular flexibility index (Phi) is 13.1. The van der Waals surface area contributed by atoms with Crippen LogP contribution in [0.25, 0.3) is 0 Å². The molecule has 140 valence electrons. The van der Waals surface area contributed by atoms with Crippen molar-refractivity contribution in [2.45, 2.75) is 46.1 Å². The molecule has 1 aromatic carbocycles. The van der Waals surface area contributed by atoms with Gasteiger partial charge in [-0.2, -0.15) is 0 Å². The van der Waals surface area contributed by atoms with E-state index in [-0.39, 0.29) is 41.7 Å². The SMILES string of the molecule is CCCCOCCOCCOCc1cc2c(cc1CCC)OCO2.[Ce]. The average molecular weight is 479 g/mol. The van der Waals surface area contributed by atoms with Gasteiger partial charge in [0.05, 0.1) is 33.0 Å². The van der Waals surface area contributed by atoms with Gasteiger partial charge in [0.2, 0.25) is 6.79 Å². The zero-order valence-corrected chi connectivity index (χ0v) is 18.6. The summed E-state index contributed by atoms with van der Waals surface area (Å²) in [4.78, 5) is 0. The first-order valence-electron chi connectivity index (χ1n) is 8.99. The van der Waals surface area contributed by atoms with E-state index < -0.39 is 0 Å². The van der Waals surface area contributed by atoms with Crippen LogP contribution in [-0.4, -0.2) is 39.8 Å². The second-order valence-corrected chi connectivity index (χ2v) is 5.86.